The van der Waals surface area contributed by atoms with Crippen LogP contribution in [0.25, 0.3) is 0 Å². The molecule has 448 valence electrons. The molecular formula is C52H84ClN7O19. The minimum absolute atomic E-state index is 0.0501. The van der Waals surface area contributed by atoms with Crippen molar-refractivity contribution in [1.82, 2.24) is 37.2 Å². The second kappa shape index (κ2) is 30.5. The maximum absolute atomic E-state index is 14.2. The molecule has 0 saturated carbocycles. The second-order valence-corrected chi connectivity index (χ2v) is 21.7. The molecule has 1 aromatic rings. The van der Waals surface area contributed by atoms with Gasteiger partial charge in [0.1, 0.15) is 71.9 Å². The Hall–Kier alpha value is -5.29. The summed E-state index contributed by atoms with van der Waals surface area (Å²) >= 11 is 6.47. The molecule has 27 heteroatoms. The molecule has 0 aromatic heterocycles. The zero-order chi connectivity index (χ0) is 60.1. The van der Waals surface area contributed by atoms with Crippen molar-refractivity contribution in [3.05, 3.63) is 22.2 Å². The first kappa shape index (κ1) is 68.0. The van der Waals surface area contributed by atoms with E-state index >= 15 is 0 Å². The number of amides is 7. The highest BCUT2D eigenvalue weighted by atomic mass is 35.5. The molecule has 2 fully saturated rings. The van der Waals surface area contributed by atoms with Gasteiger partial charge in [-0.2, -0.15) is 0 Å². The summed E-state index contributed by atoms with van der Waals surface area (Å²) in [7, 11) is 1.28. The third kappa shape index (κ3) is 18.1. The van der Waals surface area contributed by atoms with E-state index in [1.165, 1.54) is 41.7 Å². The van der Waals surface area contributed by atoms with Crippen LogP contribution in [0.1, 0.15) is 112 Å². The van der Waals surface area contributed by atoms with Gasteiger partial charge in [0, 0.05) is 30.1 Å². The van der Waals surface area contributed by atoms with Crippen LogP contribution in [0.15, 0.2) is 6.07 Å². The quantitative estimate of drug-likeness (QED) is 0.0503. The summed E-state index contributed by atoms with van der Waals surface area (Å²) in [5, 5.41) is 102. The lowest BCUT2D eigenvalue weighted by molar-refractivity contribution is -0.325. The summed E-state index contributed by atoms with van der Waals surface area (Å²) in [6.07, 6.45) is -11.3. The van der Waals surface area contributed by atoms with E-state index in [-0.39, 0.29) is 23.5 Å². The van der Waals surface area contributed by atoms with Crippen molar-refractivity contribution < 1.29 is 93.4 Å². The van der Waals surface area contributed by atoms with Crippen LogP contribution in [0, 0.1) is 36.5 Å². The Morgan fingerprint density at radius 3 is 2.06 bits per heavy atom. The monoisotopic (exact) mass is 1150 g/mol. The molecule has 26 nitrogen and oxygen atoms in total. The fourth-order valence-corrected chi connectivity index (χ4v) is 10.0. The number of carbonyl (C=O) groups is 8. The summed E-state index contributed by atoms with van der Waals surface area (Å²) in [5.41, 5.74) is -0.349. The molecule has 7 amide bonds. The molecule has 4 unspecified atom stereocenters. The molecule has 2 aliphatic rings. The lowest BCUT2D eigenvalue weighted by Gasteiger charge is -2.44. The summed E-state index contributed by atoms with van der Waals surface area (Å²) in [5.74, 6) is -11.0. The molecule has 20 atom stereocenters. The largest absolute Gasteiger partial charge is 0.508 e. The number of aliphatic hydroxyl groups excluding tert-OH is 6. The maximum atomic E-state index is 14.2. The molecule has 15 N–H and O–H groups in total. The smallest absolute Gasteiger partial charge is 0.247 e. The average Bonchev–Trinajstić information content (AvgIpc) is 3.40. The van der Waals surface area contributed by atoms with Crippen LogP contribution >= 0.6 is 11.6 Å². The summed E-state index contributed by atoms with van der Waals surface area (Å²) in [4.78, 5) is 109. The normalized spacial score (nSPS) is 27.6. The van der Waals surface area contributed by atoms with Gasteiger partial charge in [-0.05, 0) is 71.3 Å². The lowest BCUT2D eigenvalue weighted by atomic mass is 9.80. The lowest BCUT2D eigenvalue weighted by Crippen LogP contribution is -2.62. The minimum atomic E-state index is -1.83. The van der Waals surface area contributed by atoms with Crippen LogP contribution in [-0.2, 0) is 52.6 Å². The number of hydrogen-bond donors (Lipinski definition) is 15. The number of phenols is 2. The number of halogens is 1. The number of rotatable bonds is 24. The SMILES string of the molecule is CC[C@H](C)[C@@H]1NC(=O)C(c2cc(O)c(C)c(O)c2Cl)NC(=O)C(NC(=O)[C@H](C)NC(=O)[C@H](NC(=O)CC(=O)C(C)CC(C)C[C@H](C)[C@@H](O)[C@H](C)[C@H](O[C@@H]2O[C@H](CO)[C@@H](OC)[C@H](O)[C@H]2O)[C@@H](C)O)[C@@H](C)O)[C@@H](C)NC(=O)CNC1=O. The number of ketones is 1. The van der Waals surface area contributed by atoms with E-state index in [0.29, 0.717) is 12.8 Å². The van der Waals surface area contributed by atoms with Crippen molar-refractivity contribution >= 4 is 58.7 Å². The van der Waals surface area contributed by atoms with Crippen molar-refractivity contribution in [3.8, 4) is 11.5 Å². The van der Waals surface area contributed by atoms with Gasteiger partial charge < -0.3 is 92.3 Å². The molecule has 0 aliphatic carbocycles. The molecule has 2 heterocycles. The van der Waals surface area contributed by atoms with E-state index in [0.717, 1.165) is 6.07 Å². The first-order valence-electron chi connectivity index (χ1n) is 26.5. The van der Waals surface area contributed by atoms with Gasteiger partial charge in [-0.15, -0.1) is 0 Å². The zero-order valence-electron chi connectivity index (χ0n) is 46.8. The number of hydrogen-bond acceptors (Lipinski definition) is 19. The van der Waals surface area contributed by atoms with E-state index in [9.17, 15) is 79.2 Å². The van der Waals surface area contributed by atoms with Crippen LogP contribution < -0.4 is 37.2 Å². The number of methoxy groups -OCH3 is 1. The van der Waals surface area contributed by atoms with E-state index in [2.05, 4.69) is 37.2 Å². The van der Waals surface area contributed by atoms with Crippen LogP contribution in [-0.4, -0.2) is 194 Å². The van der Waals surface area contributed by atoms with Crippen LogP contribution in [0.4, 0.5) is 0 Å². The standard InChI is InChI=1S/C52H84ClN7O19/c1-13-21(3)37-48(73)54-18-35(67)55-26(8)38(49(74)60-40(51(76)58-37)30-16-32(65)24(6)42(69)36(30)53)59-47(72)27(9)56-50(75)39(28(10)62)57-34(66)17-31(64)22(4)14-20(2)15-23(5)41(68)25(7)45(29(11)63)79-52-44(71)43(70)46(77-12)33(19-61)78-52/h16,20-23,25-29,33,37-41,43-46,52,61-63,65,68-71H,13-15,17-19H2,1-12H3,(H,54,73)(H,55,67)(H,56,75)(H,57,66)(H,58,76)(H,59,72)(H,60,74)/t20?,21-,22?,23-,25-,26+,27-,28+,29+,33+,37-,38?,39+,40?,41+,43+,44+,45-,46+,52-/m0/s1. The van der Waals surface area contributed by atoms with Gasteiger partial charge in [0.2, 0.25) is 41.4 Å². The number of ether oxygens (including phenoxy) is 3. The fraction of sp³-hybridized carbons (Fsp3) is 0.731. The Kier molecular flexibility index (Phi) is 26.3. The first-order valence-corrected chi connectivity index (χ1v) is 26.9. The van der Waals surface area contributed by atoms with Gasteiger partial charge in [-0.1, -0.05) is 59.6 Å². The molecule has 2 saturated heterocycles. The van der Waals surface area contributed by atoms with Gasteiger partial charge in [-0.25, -0.2) is 0 Å². The van der Waals surface area contributed by atoms with E-state index in [4.69, 9.17) is 25.8 Å². The zero-order valence-corrected chi connectivity index (χ0v) is 47.6. The molecule has 0 radical (unpaired) electrons. The summed E-state index contributed by atoms with van der Waals surface area (Å²) in [6.45, 7) is 15.5. The molecule has 0 spiro atoms. The number of aliphatic hydroxyl groups is 6. The van der Waals surface area contributed by atoms with Crippen molar-refractivity contribution in [2.75, 3.05) is 20.3 Å². The molecule has 2 aliphatic heterocycles. The van der Waals surface area contributed by atoms with Crippen LogP contribution in [0.2, 0.25) is 5.02 Å². The predicted molar refractivity (Wildman–Crippen MR) is 282 cm³/mol. The average molecular weight is 1150 g/mol. The maximum Gasteiger partial charge on any atom is 0.247 e. The Morgan fingerprint density at radius 2 is 1.49 bits per heavy atom. The topological polar surface area (TPSA) is 410 Å². The van der Waals surface area contributed by atoms with E-state index < -0.39 is 198 Å². The Labute approximate surface area is 464 Å². The molecule has 3 rings (SSSR count). The Morgan fingerprint density at radius 1 is 0.861 bits per heavy atom. The molecular weight excluding hydrogens is 1060 g/mol. The Bertz CT molecular complexity index is 2290. The van der Waals surface area contributed by atoms with Crippen molar-refractivity contribution in [2.24, 2.45) is 29.6 Å². The van der Waals surface area contributed by atoms with Crippen molar-refractivity contribution in [1.29, 1.82) is 0 Å². The fourth-order valence-electron chi connectivity index (χ4n) is 9.70. The third-order valence-corrected chi connectivity index (χ3v) is 15.2. The van der Waals surface area contributed by atoms with E-state index in [1.807, 2.05) is 6.92 Å². The Balaban J connectivity index is 1.69. The third-order valence-electron chi connectivity index (χ3n) is 14.8. The minimum Gasteiger partial charge on any atom is -0.508 e. The van der Waals surface area contributed by atoms with Crippen LogP contribution in [0.3, 0.4) is 0 Å². The van der Waals surface area contributed by atoms with Crippen LogP contribution in [0.5, 0.6) is 11.5 Å². The summed E-state index contributed by atoms with van der Waals surface area (Å²) in [6, 6.07) is -8.28. The number of Topliss-reactive ketones (excluding diaryl/α,β-unsaturated/α-hetero) is 1. The van der Waals surface area contributed by atoms with Gasteiger partial charge in [0.05, 0.1) is 55.1 Å². The highest BCUT2D eigenvalue weighted by Crippen LogP contribution is 2.40. The summed E-state index contributed by atoms with van der Waals surface area (Å²) < 4.78 is 16.7. The molecule has 79 heavy (non-hydrogen) atoms. The molecule has 0 bridgehead atoms. The highest BCUT2D eigenvalue weighted by molar-refractivity contribution is 6.33. The number of phenolic OH excluding ortho intramolecular Hbond substituents is 2. The second-order valence-electron chi connectivity index (χ2n) is 21.4. The van der Waals surface area contributed by atoms with Gasteiger partial charge >= 0.3 is 0 Å². The predicted octanol–water partition coefficient (Wildman–Crippen LogP) is -1.90. The number of nitrogens with one attached hydrogen (secondary N) is 7. The first-order chi connectivity index (χ1) is 36.8. The van der Waals surface area contributed by atoms with Gasteiger partial charge in [0.25, 0.3) is 0 Å². The van der Waals surface area contributed by atoms with Gasteiger partial charge in [0.15, 0.2) is 6.29 Å². The molecule has 1 aromatic carbocycles. The van der Waals surface area contributed by atoms with E-state index in [1.54, 1.807) is 34.6 Å². The number of benzene rings is 1. The van der Waals surface area contributed by atoms with Crippen molar-refractivity contribution in [3.63, 3.8) is 0 Å². The van der Waals surface area contributed by atoms with Crippen molar-refractivity contribution in [2.45, 2.75) is 193 Å². The highest BCUT2D eigenvalue weighted by Gasteiger charge is 2.48. The van der Waals surface area contributed by atoms with Gasteiger partial charge in [-0.3, -0.25) is 38.4 Å². The number of carbonyl (C=O) groups excluding carboxylic acids is 8. The number of aromatic hydroxyl groups is 2.